The van der Waals surface area contributed by atoms with Crippen molar-refractivity contribution in [1.29, 1.82) is 0 Å². The van der Waals surface area contributed by atoms with Crippen LogP contribution in [0.5, 0.6) is 17.2 Å². The van der Waals surface area contributed by atoms with Crippen LogP contribution in [0.4, 0.5) is 0 Å². The number of nitrogens with one attached hydrogen (secondary N) is 2. The number of Topliss-reactive ketones (excluding diaryl/α,β-unsaturated/α-hetero) is 2. The van der Waals surface area contributed by atoms with E-state index in [0.29, 0.717) is 32.3 Å². The number of rotatable bonds is 23. The Balaban J connectivity index is 1.01. The number of hydrogen-bond acceptors (Lipinski definition) is 25. The number of aliphatic hydroxyl groups excluding tert-OH is 4. The molecule has 4 aliphatic heterocycles. The van der Waals surface area contributed by atoms with E-state index in [9.17, 15) is 39.9 Å². The highest BCUT2D eigenvalue weighted by atomic mass is 127. The SMILES string of the molecule is CCN[C@H]1CO[C@@H](O[C@H]2[C@H](O[C@H]3C#C/C=C\C#C[C@]4(O)CC(=O)C(CC(C)=O)=C3/C4=C\CSSC3CCCC3)O[C@H](C)[C@@H](NO[C@H]3C[C@H](O)[C@H](SC(=O)c4c(C)c(I)c(O[C@@H]5O[C@@H](C)[C@H](O)[C@@H](OC)[C@H]5O)c(OC)c4OC)[C@@H](C)O3)[C@@H]2O)C[C@@H]1OC. The average Bonchev–Trinajstić information content (AvgIpc) is 1.57. The summed E-state index contributed by atoms with van der Waals surface area (Å²) in [5.41, 5.74) is 2.17. The molecule has 4 heterocycles. The second kappa shape index (κ2) is 31.4. The molecule has 0 unspecified atom stereocenters. The molecule has 22 nitrogen and oxygen atoms in total. The highest BCUT2D eigenvalue weighted by molar-refractivity contribution is 14.1. The van der Waals surface area contributed by atoms with Crippen LogP contribution in [-0.2, 0) is 52.3 Å². The maximum atomic E-state index is 14.5. The normalized spacial score (nSPS) is 36.6. The molecule has 0 aromatic heterocycles. The molecule has 4 saturated heterocycles. The number of carbonyl (C=O) groups is 3. The molecule has 476 valence electrons. The first kappa shape index (κ1) is 69.0. The van der Waals surface area contributed by atoms with Gasteiger partial charge < -0.3 is 83.0 Å². The molecule has 1 aromatic carbocycles. The van der Waals surface area contributed by atoms with E-state index >= 15 is 0 Å². The Morgan fingerprint density at radius 2 is 1.59 bits per heavy atom. The van der Waals surface area contributed by atoms with Crippen LogP contribution in [0.3, 0.4) is 0 Å². The van der Waals surface area contributed by atoms with Crippen LogP contribution in [0.1, 0.15) is 102 Å². The van der Waals surface area contributed by atoms with E-state index in [1.807, 2.05) is 35.6 Å². The van der Waals surface area contributed by atoms with E-state index in [1.54, 1.807) is 56.4 Å². The molecule has 1 saturated carbocycles. The Kier molecular flexibility index (Phi) is 25.2. The van der Waals surface area contributed by atoms with Gasteiger partial charge >= 0.3 is 0 Å². The predicted octanol–water partition coefficient (Wildman–Crippen LogP) is 4.53. The average molecular weight is 1370 g/mol. The van der Waals surface area contributed by atoms with Gasteiger partial charge in [0.1, 0.15) is 42.4 Å². The monoisotopic (exact) mass is 1370 g/mol. The second-order valence-electron chi connectivity index (χ2n) is 22.2. The Morgan fingerprint density at radius 3 is 2.27 bits per heavy atom. The molecule has 2 bridgehead atoms. The van der Waals surface area contributed by atoms with Gasteiger partial charge in [0.05, 0.1) is 84.2 Å². The minimum atomic E-state index is -1.96. The smallest absolute Gasteiger partial charge is 0.229 e. The molecule has 0 amide bonds. The van der Waals surface area contributed by atoms with Crippen LogP contribution in [-0.4, -0.2) is 210 Å². The van der Waals surface area contributed by atoms with Gasteiger partial charge in [0.15, 0.2) is 41.8 Å². The third-order valence-corrected chi connectivity index (χ3v) is 21.8. The summed E-state index contributed by atoms with van der Waals surface area (Å²) in [6.07, 6.45) is -7.62. The number of likely N-dealkylation sites (N-methyl/N-ethyl adjacent to an activating group) is 1. The number of ether oxygens (including phenoxy) is 11. The maximum Gasteiger partial charge on any atom is 0.229 e. The van der Waals surface area contributed by atoms with E-state index in [4.69, 9.17) is 56.9 Å². The highest BCUT2D eigenvalue weighted by Gasteiger charge is 2.52. The topological polar surface area (TPSA) is 287 Å². The largest absolute Gasteiger partial charge is 0.492 e. The number of halogens is 1. The van der Waals surface area contributed by atoms with E-state index < -0.39 is 120 Å². The Labute approximate surface area is 528 Å². The van der Waals surface area contributed by atoms with Gasteiger partial charge in [-0.1, -0.05) is 82.9 Å². The van der Waals surface area contributed by atoms with Crippen LogP contribution in [0.25, 0.3) is 0 Å². The number of fused-ring (bicyclic) bond motifs is 2. The standard InChI is InChI=1S/C60H81IN2O20S3/c1-11-62-37-28-76-42(26-41(37)72-7)81-54-49(68)47(31(4)78-59(54)80-40-20-14-12-13-17-22-60(71)27-39(66)35(24-29(2)64)45(40)36(60)21-23-84-86-34-18-15-16-19-34)63-83-43-25-38(65)56(33(6)77-43)85-57(70)44-30(3)46(61)52(55(75-10)51(44)73-8)82-58-50(69)53(74-9)48(67)32(5)79-58/h12-13,21,31-34,37-38,40-43,47-50,53-54,56,58-59,62-63,65,67-69,71H,11,15-16,18-19,23-28H2,1-10H3/b13-12-,36-21+/t31-,32+,33-,37+,38+,40+,41+,42+,43+,47-,48+,49+,50-,53-,54-,56-,58+,59+,60+/m1/s1. The summed E-state index contributed by atoms with van der Waals surface area (Å²) < 4.78 is 68.0. The van der Waals surface area contributed by atoms with Crippen molar-refractivity contribution in [2.75, 3.05) is 47.3 Å². The summed E-state index contributed by atoms with van der Waals surface area (Å²) in [7, 11) is 9.11. The minimum Gasteiger partial charge on any atom is -0.492 e. The number of hydrogen-bond donors (Lipinski definition) is 7. The molecule has 19 atom stereocenters. The van der Waals surface area contributed by atoms with Crippen LogP contribution in [0.15, 0.2) is 34.9 Å². The van der Waals surface area contributed by atoms with Gasteiger partial charge in [0.2, 0.25) is 17.2 Å². The molecule has 86 heavy (non-hydrogen) atoms. The van der Waals surface area contributed by atoms with E-state index in [2.05, 4.69) is 34.5 Å². The van der Waals surface area contributed by atoms with Crippen LogP contribution < -0.4 is 25.0 Å². The minimum absolute atomic E-state index is 0.0361. The second-order valence-corrected chi connectivity index (χ2v) is 27.1. The quantitative estimate of drug-likeness (QED) is 0.0261. The molecule has 3 aliphatic carbocycles. The molecule has 8 rings (SSSR count). The first-order valence-electron chi connectivity index (χ1n) is 29.0. The molecule has 0 radical (unpaired) electrons. The molecule has 26 heteroatoms. The maximum absolute atomic E-state index is 14.5. The third-order valence-electron chi connectivity index (χ3n) is 16.3. The lowest BCUT2D eigenvalue weighted by molar-refractivity contribution is -0.336. The zero-order chi connectivity index (χ0) is 62.1. The molecule has 5 fully saturated rings. The molecular weight excluding hydrogens is 1290 g/mol. The van der Waals surface area contributed by atoms with E-state index in [0.717, 1.165) is 24.6 Å². The molecule has 0 spiro atoms. The fraction of sp³-hybridized carbons (Fsp3) is 0.683. The molecule has 7 N–H and O–H groups in total. The van der Waals surface area contributed by atoms with Crippen molar-refractivity contribution < 1.29 is 96.9 Å². The summed E-state index contributed by atoms with van der Waals surface area (Å²) >= 11 is 2.85. The summed E-state index contributed by atoms with van der Waals surface area (Å²) in [4.78, 5) is 47.8. The van der Waals surface area contributed by atoms with Gasteiger partial charge in [-0.3, -0.25) is 19.2 Å². The van der Waals surface area contributed by atoms with Crippen molar-refractivity contribution in [3.8, 4) is 40.9 Å². The van der Waals surface area contributed by atoms with Gasteiger partial charge in [-0.05, 0) is 94.3 Å². The number of aliphatic hydroxyl groups is 5. The molecule has 1 aromatic rings. The number of thioether (sulfide) groups is 1. The van der Waals surface area contributed by atoms with Crippen molar-refractivity contribution in [3.05, 3.63) is 49.6 Å². The molecular formula is C60H81IN2O20S3. The zero-order valence-electron chi connectivity index (χ0n) is 49.9. The molecule has 7 aliphatic rings. The Morgan fingerprint density at radius 1 is 0.872 bits per heavy atom. The number of ketones is 2. The van der Waals surface area contributed by atoms with Crippen LogP contribution >= 0.6 is 55.9 Å². The van der Waals surface area contributed by atoms with Crippen molar-refractivity contribution in [1.82, 2.24) is 10.8 Å². The van der Waals surface area contributed by atoms with E-state index in [-0.39, 0.29) is 77.8 Å². The number of hydroxylamine groups is 1. The summed E-state index contributed by atoms with van der Waals surface area (Å²) in [5.74, 6) is 11.7. The predicted molar refractivity (Wildman–Crippen MR) is 328 cm³/mol. The Bertz CT molecular complexity index is 2790. The fourth-order valence-electron chi connectivity index (χ4n) is 11.8. The van der Waals surface area contributed by atoms with Crippen molar-refractivity contribution in [3.63, 3.8) is 0 Å². The summed E-state index contributed by atoms with van der Waals surface area (Å²) in [5, 5.41) is 61.0. The summed E-state index contributed by atoms with van der Waals surface area (Å²) in [6, 6.07) is -1.21. The lowest BCUT2D eigenvalue weighted by Crippen LogP contribution is -2.65. The first-order chi connectivity index (χ1) is 41.2. The highest BCUT2D eigenvalue weighted by Crippen LogP contribution is 2.49. The van der Waals surface area contributed by atoms with Gasteiger partial charge in [-0.2, -0.15) is 5.48 Å². The van der Waals surface area contributed by atoms with E-state index in [1.165, 1.54) is 53.2 Å². The van der Waals surface area contributed by atoms with Crippen molar-refractivity contribution in [2.45, 2.75) is 213 Å². The van der Waals surface area contributed by atoms with Crippen LogP contribution in [0, 0.1) is 34.2 Å². The Hall–Kier alpha value is -2.89. The lowest BCUT2D eigenvalue weighted by Gasteiger charge is -2.46. The van der Waals surface area contributed by atoms with Gasteiger partial charge in [-0.25, -0.2) is 0 Å². The number of methoxy groups -OCH3 is 4. The number of allylic oxidation sites excluding steroid dienone is 3. The van der Waals surface area contributed by atoms with Crippen LogP contribution in [0.2, 0.25) is 0 Å². The number of benzene rings is 1. The van der Waals surface area contributed by atoms with Gasteiger partial charge in [-0.15, -0.1) is 0 Å². The lowest BCUT2D eigenvalue weighted by atomic mass is 9.72. The van der Waals surface area contributed by atoms with Crippen molar-refractivity contribution >= 4 is 72.6 Å². The van der Waals surface area contributed by atoms with Gasteiger partial charge in [0, 0.05) is 61.2 Å². The van der Waals surface area contributed by atoms with Crippen molar-refractivity contribution in [2.24, 2.45) is 0 Å². The summed E-state index contributed by atoms with van der Waals surface area (Å²) in [6.45, 7) is 10.9. The van der Waals surface area contributed by atoms with Gasteiger partial charge in [0.25, 0.3) is 0 Å². The first-order valence-corrected chi connectivity index (χ1v) is 33.3. The fourth-order valence-corrected chi connectivity index (χ4v) is 16.2. The zero-order valence-corrected chi connectivity index (χ0v) is 54.5. The number of carbonyl (C=O) groups excluding carboxylic acids is 3. The third kappa shape index (κ3) is 15.9.